The number of aryl methyl sites for hydroxylation is 1. The van der Waals surface area contributed by atoms with E-state index in [1.165, 1.54) is 34.3 Å². The molecular weight excluding hydrogens is 635 g/mol. The molecular formula is C34H34F3N3O8. The number of methoxy groups -OCH3 is 2. The van der Waals surface area contributed by atoms with E-state index in [1.54, 1.807) is 84.2 Å². The molecule has 1 amide bonds. The Labute approximate surface area is 272 Å². The number of nitrogens with zero attached hydrogens (tertiary/aromatic N) is 1. The van der Waals surface area contributed by atoms with Crippen LogP contribution in [0.25, 0.3) is 0 Å². The summed E-state index contributed by atoms with van der Waals surface area (Å²) >= 11 is 0. The highest BCUT2D eigenvalue weighted by Crippen LogP contribution is 2.45. The van der Waals surface area contributed by atoms with Gasteiger partial charge in [0.1, 0.15) is 23.2 Å². The number of carbonyl (C=O) groups is 1. The molecule has 0 saturated carbocycles. The molecule has 1 aliphatic rings. The molecule has 0 unspecified atom stereocenters. The molecule has 0 aliphatic carbocycles. The van der Waals surface area contributed by atoms with E-state index in [9.17, 15) is 32.7 Å². The Morgan fingerprint density at radius 1 is 0.958 bits per heavy atom. The van der Waals surface area contributed by atoms with Crippen LogP contribution in [0.15, 0.2) is 94.6 Å². The Hall–Kier alpha value is -4.92. The second kappa shape index (κ2) is 12.9. The van der Waals surface area contributed by atoms with E-state index in [-0.39, 0.29) is 5.56 Å². The van der Waals surface area contributed by atoms with E-state index in [1.807, 2.05) is 0 Å². The fourth-order valence-electron chi connectivity index (χ4n) is 5.96. The molecule has 0 radical (unpaired) electrons. The van der Waals surface area contributed by atoms with E-state index in [0.29, 0.717) is 28.2 Å². The number of carbonyl (C=O) groups excluding carboxylic acids is 1. The summed E-state index contributed by atoms with van der Waals surface area (Å²) in [5.41, 5.74) is -5.76. The minimum absolute atomic E-state index is 0.101. The molecule has 254 valence electrons. The van der Waals surface area contributed by atoms with E-state index >= 15 is 0 Å². The Morgan fingerprint density at radius 2 is 1.48 bits per heavy atom. The van der Waals surface area contributed by atoms with Crippen LogP contribution in [0.5, 0.6) is 11.5 Å². The predicted octanol–water partition coefficient (Wildman–Crippen LogP) is 3.70. The number of aliphatic hydroxyl groups is 1. The first kappa shape index (κ1) is 34.4. The smallest absolute Gasteiger partial charge is 0.471 e. The molecule has 14 heteroatoms. The molecule has 11 nitrogen and oxygen atoms in total. The van der Waals surface area contributed by atoms with Crippen molar-refractivity contribution in [1.29, 1.82) is 0 Å². The lowest BCUT2D eigenvalue weighted by Crippen LogP contribution is -2.59. The van der Waals surface area contributed by atoms with Gasteiger partial charge in [-0.3, -0.25) is 19.1 Å². The summed E-state index contributed by atoms with van der Waals surface area (Å²) in [6.07, 6.45) is -6.58. The quantitative estimate of drug-likeness (QED) is 0.172. The van der Waals surface area contributed by atoms with Crippen LogP contribution in [-0.4, -0.2) is 59.4 Å². The number of hydrogen-bond acceptors (Lipinski definition) is 8. The van der Waals surface area contributed by atoms with Crippen molar-refractivity contribution in [3.63, 3.8) is 0 Å². The molecule has 0 spiro atoms. The Kier molecular flexibility index (Phi) is 9.28. The van der Waals surface area contributed by atoms with Crippen molar-refractivity contribution in [1.82, 2.24) is 14.9 Å². The van der Waals surface area contributed by atoms with Gasteiger partial charge in [0.05, 0.1) is 20.8 Å². The first-order valence-corrected chi connectivity index (χ1v) is 14.8. The van der Waals surface area contributed by atoms with Crippen molar-refractivity contribution in [3.8, 4) is 11.5 Å². The predicted molar refractivity (Wildman–Crippen MR) is 167 cm³/mol. The average molecular weight is 670 g/mol. The summed E-state index contributed by atoms with van der Waals surface area (Å²) in [6.45, 7) is 2.16. The van der Waals surface area contributed by atoms with Gasteiger partial charge >= 0.3 is 17.8 Å². The topological polar surface area (TPSA) is 141 Å². The molecule has 1 aromatic heterocycles. The number of hydrogen-bond donors (Lipinski definition) is 3. The third-order valence-electron chi connectivity index (χ3n) is 8.37. The molecule has 4 aromatic rings. The monoisotopic (exact) mass is 669 g/mol. The number of nitrogens with one attached hydrogen (secondary N) is 2. The maximum atomic E-state index is 13.5. The first-order chi connectivity index (χ1) is 22.6. The number of aromatic amines is 1. The molecule has 2 heterocycles. The van der Waals surface area contributed by atoms with Crippen LogP contribution in [0.4, 0.5) is 13.2 Å². The number of halogens is 3. The van der Waals surface area contributed by atoms with Gasteiger partial charge in [0.15, 0.2) is 11.4 Å². The maximum absolute atomic E-state index is 13.5. The molecule has 48 heavy (non-hydrogen) atoms. The number of H-pyrrole nitrogens is 1. The summed E-state index contributed by atoms with van der Waals surface area (Å²) in [5, 5.41) is 13.5. The highest BCUT2D eigenvalue weighted by molar-refractivity contribution is 5.82. The zero-order chi connectivity index (χ0) is 34.9. The van der Waals surface area contributed by atoms with Gasteiger partial charge in [-0.05, 0) is 54.8 Å². The number of alkyl halides is 3. The summed E-state index contributed by atoms with van der Waals surface area (Å²) < 4.78 is 65.1. The Bertz CT molecular complexity index is 1830. The second-order valence-electron chi connectivity index (χ2n) is 11.6. The summed E-state index contributed by atoms with van der Waals surface area (Å²) in [6, 6.07) is 22.9. The van der Waals surface area contributed by atoms with Crippen molar-refractivity contribution >= 4 is 5.91 Å². The Morgan fingerprint density at radius 3 is 1.98 bits per heavy atom. The number of benzene rings is 3. The number of aromatic nitrogens is 2. The van der Waals surface area contributed by atoms with Gasteiger partial charge in [-0.2, -0.15) is 13.2 Å². The molecule has 3 atom stereocenters. The largest absolute Gasteiger partial charge is 0.497 e. The van der Waals surface area contributed by atoms with E-state index < -0.39 is 59.5 Å². The SMILES string of the molecule is COc1ccc(C(OC[C@H]2O[C@@](C)(n3cc(C)c(=O)[nH]c3=O)C[C@@]2(O)NC(=O)C(F)(F)F)(c2ccccc2)c2ccc(OC)cc2)cc1. The molecule has 0 bridgehead atoms. The zero-order valence-electron chi connectivity index (χ0n) is 26.5. The lowest BCUT2D eigenvalue weighted by molar-refractivity contribution is -0.188. The lowest BCUT2D eigenvalue weighted by atomic mass is 9.80. The van der Waals surface area contributed by atoms with Gasteiger partial charge in [-0.15, -0.1) is 0 Å². The molecule has 5 rings (SSSR count). The summed E-state index contributed by atoms with van der Waals surface area (Å²) in [7, 11) is 3.03. The highest BCUT2D eigenvalue weighted by Gasteiger charge is 2.58. The third-order valence-corrected chi connectivity index (χ3v) is 8.37. The molecule has 3 N–H and O–H groups in total. The minimum Gasteiger partial charge on any atom is -0.497 e. The number of rotatable bonds is 10. The molecule has 1 fully saturated rings. The zero-order valence-corrected chi connectivity index (χ0v) is 26.5. The van der Waals surface area contributed by atoms with Crippen molar-refractivity contribution in [3.05, 3.63) is 128 Å². The summed E-state index contributed by atoms with van der Waals surface area (Å²) in [5.74, 6) is -1.32. The lowest BCUT2D eigenvalue weighted by Gasteiger charge is -2.38. The average Bonchev–Trinajstić information content (AvgIpc) is 3.33. The van der Waals surface area contributed by atoms with Gasteiger partial charge in [-0.25, -0.2) is 4.79 Å². The Balaban J connectivity index is 1.65. The standard InChI is InChI=1S/C34H34F3N3O8/c1-21-18-40(30(43)38-28(21)41)31(2)20-32(44,39-29(42)34(35,36)37)27(48-31)19-47-33(22-8-6-5-7-9-22,23-10-14-25(45-3)15-11-23)24-12-16-26(46-4)17-13-24/h5-18,27,44H,19-20H2,1-4H3,(H,39,42)(H,38,41,43)/t27-,31-,32+/m1/s1. The van der Waals surface area contributed by atoms with Crippen LogP contribution in [-0.2, 0) is 25.6 Å². The van der Waals surface area contributed by atoms with E-state index in [0.717, 1.165) is 4.57 Å². The van der Waals surface area contributed by atoms with Gasteiger partial charge in [0.25, 0.3) is 5.56 Å². The van der Waals surface area contributed by atoms with Crippen LogP contribution >= 0.6 is 0 Å². The van der Waals surface area contributed by atoms with Crippen molar-refractivity contribution in [2.45, 2.75) is 49.6 Å². The first-order valence-electron chi connectivity index (χ1n) is 14.8. The number of ether oxygens (including phenoxy) is 4. The van der Waals surface area contributed by atoms with Crippen molar-refractivity contribution in [2.24, 2.45) is 0 Å². The van der Waals surface area contributed by atoms with Gasteiger partial charge in [0.2, 0.25) is 0 Å². The van der Waals surface area contributed by atoms with Gasteiger partial charge < -0.3 is 29.4 Å². The van der Waals surface area contributed by atoms with E-state index in [4.69, 9.17) is 18.9 Å². The highest BCUT2D eigenvalue weighted by atomic mass is 19.4. The van der Waals surface area contributed by atoms with Crippen LogP contribution in [0.2, 0.25) is 0 Å². The fraction of sp³-hybridized carbons (Fsp3) is 0.324. The summed E-state index contributed by atoms with van der Waals surface area (Å²) in [4.78, 5) is 39.3. The van der Waals surface area contributed by atoms with Crippen LogP contribution < -0.4 is 26.0 Å². The van der Waals surface area contributed by atoms with Gasteiger partial charge in [-0.1, -0.05) is 54.6 Å². The maximum Gasteiger partial charge on any atom is 0.471 e. The molecule has 3 aromatic carbocycles. The van der Waals surface area contributed by atoms with Crippen LogP contribution in [0, 0.1) is 6.92 Å². The normalized spacial score (nSPS) is 21.1. The van der Waals surface area contributed by atoms with Crippen molar-refractivity contribution < 1.29 is 42.0 Å². The van der Waals surface area contributed by atoms with Crippen molar-refractivity contribution in [2.75, 3.05) is 20.8 Å². The number of amides is 1. The minimum atomic E-state index is -5.36. The van der Waals surface area contributed by atoms with Crippen LogP contribution in [0.3, 0.4) is 0 Å². The second-order valence-corrected chi connectivity index (χ2v) is 11.6. The molecule has 1 aliphatic heterocycles. The third kappa shape index (κ3) is 6.46. The van der Waals surface area contributed by atoms with Crippen LogP contribution in [0.1, 0.15) is 35.6 Å². The van der Waals surface area contributed by atoms with Gasteiger partial charge in [0, 0.05) is 18.2 Å². The molecule has 1 saturated heterocycles. The van der Waals surface area contributed by atoms with E-state index in [2.05, 4.69) is 4.98 Å². The fourth-order valence-corrected chi connectivity index (χ4v) is 5.96.